The van der Waals surface area contributed by atoms with Gasteiger partial charge in [-0.1, -0.05) is 50.0 Å². The van der Waals surface area contributed by atoms with Crippen LogP contribution in [0, 0.1) is 23.7 Å². The number of hydrogen-bond donors (Lipinski definition) is 5. The summed E-state index contributed by atoms with van der Waals surface area (Å²) in [4.78, 5) is 48.2. The van der Waals surface area contributed by atoms with E-state index in [0.29, 0.717) is 18.4 Å². The molecule has 2 saturated heterocycles. The fourth-order valence-electron chi connectivity index (χ4n) is 7.75. The van der Waals surface area contributed by atoms with Gasteiger partial charge in [0.1, 0.15) is 11.6 Å². The van der Waals surface area contributed by atoms with E-state index in [1.807, 2.05) is 68.6 Å². The van der Waals surface area contributed by atoms with E-state index in [1.165, 1.54) is 7.11 Å². The van der Waals surface area contributed by atoms with E-state index in [1.54, 1.807) is 11.1 Å². The molecule has 2 aromatic heterocycles. The standard InChI is InChI=1S/C39H45N9O4/c1-23(2)30(46-38(49)52-3)20-43-37(40)47-18-4-5-33(47)35-41-21-31(44-35)26-12-8-24(9-13-26)6-7-25-10-14-27(15-11-25)32-22-42-36(45-32)34-28-16-17-29(19-28)48(34)39(50)51/h8-15,21-23,28-30,33-34H,4-5,16-20H2,1-3H3,(H2,40,43)(H,41,44)(H,42,45)(H,46,49)(H,50,51). The van der Waals surface area contributed by atoms with E-state index in [2.05, 4.69) is 42.0 Å². The van der Waals surface area contributed by atoms with E-state index in [4.69, 9.17) is 15.5 Å². The second-order valence-electron chi connectivity index (χ2n) is 14.2. The number of carbonyl (C=O) groups excluding carboxylic acids is 1. The number of fused-ring (bicyclic) bond motifs is 2. The Kier molecular flexibility index (Phi) is 9.89. The number of alkyl carbamates (subject to hydrolysis) is 1. The van der Waals surface area contributed by atoms with Crippen molar-refractivity contribution >= 4 is 18.1 Å². The summed E-state index contributed by atoms with van der Waals surface area (Å²) in [6, 6.07) is 15.7. The quantitative estimate of drug-likeness (QED) is 0.0855. The van der Waals surface area contributed by atoms with Gasteiger partial charge < -0.3 is 35.8 Å². The summed E-state index contributed by atoms with van der Waals surface area (Å²) >= 11 is 0. The smallest absolute Gasteiger partial charge is 0.408 e. The first-order valence-corrected chi connectivity index (χ1v) is 17.9. The number of imidazole rings is 2. The number of aromatic nitrogens is 4. The number of rotatable bonds is 8. The van der Waals surface area contributed by atoms with Crippen LogP contribution in [0.15, 0.2) is 65.9 Å². The SMILES string of the molecule is COC(=O)NC(CN=C(N)N1CCCC1c1ncc(-c2ccc(C#Cc3ccc(-c4cnc(C5C6CCC(C6)N5C(=O)O)[nH]4)cc3)cc2)[nH]1)C(C)C. The van der Waals surface area contributed by atoms with Gasteiger partial charge in [-0.3, -0.25) is 9.89 Å². The third-order valence-electron chi connectivity index (χ3n) is 10.6. The highest BCUT2D eigenvalue weighted by Crippen LogP contribution is 2.49. The number of piperidine rings is 1. The molecule has 0 radical (unpaired) electrons. The highest BCUT2D eigenvalue weighted by Gasteiger charge is 2.50. The number of likely N-dealkylation sites (tertiary alicyclic amines) is 2. The third-order valence-corrected chi connectivity index (χ3v) is 10.6. The number of H-pyrrole nitrogens is 2. The maximum Gasteiger partial charge on any atom is 0.408 e. The number of nitrogens with one attached hydrogen (secondary N) is 3. The third kappa shape index (κ3) is 7.19. The van der Waals surface area contributed by atoms with Gasteiger partial charge in [0.05, 0.1) is 55.6 Å². The van der Waals surface area contributed by atoms with Crippen molar-refractivity contribution in [2.75, 3.05) is 20.2 Å². The number of guanidine groups is 1. The van der Waals surface area contributed by atoms with Gasteiger partial charge in [-0.15, -0.1) is 0 Å². The van der Waals surface area contributed by atoms with Gasteiger partial charge in [-0.05, 0) is 79.3 Å². The second kappa shape index (κ2) is 14.8. The van der Waals surface area contributed by atoms with Crippen LogP contribution in [-0.2, 0) is 4.74 Å². The highest BCUT2D eigenvalue weighted by molar-refractivity contribution is 5.79. The van der Waals surface area contributed by atoms with Crippen molar-refractivity contribution in [2.45, 2.75) is 70.1 Å². The summed E-state index contributed by atoms with van der Waals surface area (Å²) in [5, 5.41) is 12.6. The number of carboxylic acid groups (broad SMARTS) is 1. The number of ether oxygens (including phenoxy) is 1. The van der Waals surface area contributed by atoms with Crippen molar-refractivity contribution in [3.05, 3.63) is 83.7 Å². The molecule has 0 spiro atoms. The van der Waals surface area contributed by atoms with Crippen LogP contribution in [0.2, 0.25) is 0 Å². The molecular formula is C39H45N9O4. The summed E-state index contributed by atoms with van der Waals surface area (Å²) in [5.41, 5.74) is 12.0. The fraction of sp³-hybridized carbons (Fsp3) is 0.410. The Morgan fingerprint density at radius 2 is 1.60 bits per heavy atom. The molecule has 2 aliphatic heterocycles. The van der Waals surface area contributed by atoms with E-state index < -0.39 is 12.2 Å². The van der Waals surface area contributed by atoms with Crippen molar-refractivity contribution in [2.24, 2.45) is 22.6 Å². The maximum absolute atomic E-state index is 11.9. The van der Waals surface area contributed by atoms with Crippen molar-refractivity contribution in [1.29, 1.82) is 0 Å². The molecule has 4 aromatic rings. The number of methoxy groups -OCH3 is 1. The second-order valence-corrected chi connectivity index (χ2v) is 14.2. The minimum atomic E-state index is -0.868. The normalized spacial score (nSPS) is 21.7. The molecule has 2 bridgehead atoms. The van der Waals surface area contributed by atoms with Crippen LogP contribution in [0.1, 0.15) is 80.8 Å². The van der Waals surface area contributed by atoms with Gasteiger partial charge in [-0.2, -0.15) is 0 Å². The van der Waals surface area contributed by atoms with Gasteiger partial charge in [0.25, 0.3) is 0 Å². The molecule has 6 N–H and O–H groups in total. The maximum atomic E-state index is 11.9. The van der Waals surface area contributed by atoms with Crippen LogP contribution in [0.4, 0.5) is 9.59 Å². The molecule has 270 valence electrons. The lowest BCUT2D eigenvalue weighted by Crippen LogP contribution is -2.43. The predicted molar refractivity (Wildman–Crippen MR) is 197 cm³/mol. The van der Waals surface area contributed by atoms with Crippen LogP contribution in [0.3, 0.4) is 0 Å². The average Bonchev–Trinajstić information content (AvgIpc) is 4.00. The molecule has 1 saturated carbocycles. The monoisotopic (exact) mass is 703 g/mol. The zero-order valence-electron chi connectivity index (χ0n) is 29.7. The minimum Gasteiger partial charge on any atom is -0.465 e. The van der Waals surface area contributed by atoms with E-state index >= 15 is 0 Å². The number of aromatic amines is 2. The highest BCUT2D eigenvalue weighted by atomic mass is 16.5. The Bertz CT molecular complexity index is 1990. The molecule has 5 unspecified atom stereocenters. The molecule has 13 nitrogen and oxygen atoms in total. The minimum absolute atomic E-state index is 0.0138. The first-order valence-electron chi connectivity index (χ1n) is 17.9. The van der Waals surface area contributed by atoms with E-state index in [9.17, 15) is 14.7 Å². The Hall–Kier alpha value is -5.77. The van der Waals surface area contributed by atoms with E-state index in [0.717, 1.165) is 83.9 Å². The summed E-state index contributed by atoms with van der Waals surface area (Å²) in [6.07, 6.45) is 7.06. The zero-order chi connectivity index (χ0) is 36.4. The topological polar surface area (TPSA) is 178 Å². The van der Waals surface area contributed by atoms with Crippen LogP contribution in [-0.4, -0.2) is 85.3 Å². The van der Waals surface area contributed by atoms with Crippen molar-refractivity contribution in [3.8, 4) is 34.4 Å². The molecule has 5 atom stereocenters. The lowest BCUT2D eigenvalue weighted by atomic mass is 9.98. The number of nitrogens with zero attached hydrogens (tertiary/aromatic N) is 5. The molecule has 3 aliphatic rings. The lowest BCUT2D eigenvalue weighted by molar-refractivity contribution is 0.0991. The lowest BCUT2D eigenvalue weighted by Gasteiger charge is -2.31. The summed E-state index contributed by atoms with van der Waals surface area (Å²) in [7, 11) is 1.35. The van der Waals surface area contributed by atoms with Gasteiger partial charge in [0.15, 0.2) is 5.96 Å². The Morgan fingerprint density at radius 3 is 2.19 bits per heavy atom. The van der Waals surface area contributed by atoms with Crippen molar-refractivity contribution < 1.29 is 19.4 Å². The van der Waals surface area contributed by atoms with Gasteiger partial charge in [0, 0.05) is 23.7 Å². The van der Waals surface area contributed by atoms with Crippen molar-refractivity contribution in [3.63, 3.8) is 0 Å². The fourth-order valence-corrected chi connectivity index (χ4v) is 7.75. The van der Waals surface area contributed by atoms with Crippen LogP contribution >= 0.6 is 0 Å². The molecule has 2 amide bonds. The molecule has 1 aliphatic carbocycles. The number of aliphatic imine (C=N–C) groups is 1. The van der Waals surface area contributed by atoms with Crippen LogP contribution < -0.4 is 11.1 Å². The molecule has 4 heterocycles. The van der Waals surface area contributed by atoms with Crippen LogP contribution in [0.5, 0.6) is 0 Å². The first-order chi connectivity index (χ1) is 25.2. The Morgan fingerprint density at radius 1 is 0.981 bits per heavy atom. The molecule has 7 rings (SSSR count). The number of amides is 2. The predicted octanol–water partition coefficient (Wildman–Crippen LogP) is 5.90. The molecular weight excluding hydrogens is 658 g/mol. The average molecular weight is 704 g/mol. The summed E-state index contributed by atoms with van der Waals surface area (Å²) in [6.45, 7) is 5.17. The van der Waals surface area contributed by atoms with E-state index in [-0.39, 0.29) is 30.1 Å². The molecule has 52 heavy (non-hydrogen) atoms. The number of benzene rings is 2. The van der Waals surface area contributed by atoms with Gasteiger partial charge >= 0.3 is 12.2 Å². The Balaban J connectivity index is 0.968. The number of nitrogens with two attached hydrogens (primary N) is 1. The number of carbonyl (C=O) groups is 2. The van der Waals surface area contributed by atoms with Gasteiger partial charge in [-0.25, -0.2) is 19.6 Å². The molecule has 3 fully saturated rings. The Labute approximate surface area is 303 Å². The van der Waals surface area contributed by atoms with Crippen molar-refractivity contribution in [1.82, 2.24) is 35.1 Å². The first kappa shape index (κ1) is 34.7. The molecule has 2 aromatic carbocycles. The summed E-state index contributed by atoms with van der Waals surface area (Å²) < 4.78 is 4.75. The number of hydrogen-bond acceptors (Lipinski definition) is 6. The zero-order valence-corrected chi connectivity index (χ0v) is 29.7. The largest absolute Gasteiger partial charge is 0.465 e. The summed E-state index contributed by atoms with van der Waals surface area (Å²) in [5.74, 6) is 9.00. The van der Waals surface area contributed by atoms with Gasteiger partial charge in [0.2, 0.25) is 0 Å². The molecule has 13 heteroatoms. The van der Waals surface area contributed by atoms with Crippen LogP contribution in [0.25, 0.3) is 22.5 Å².